The molecule has 0 spiro atoms. The predicted molar refractivity (Wildman–Crippen MR) is 61.5 cm³/mol. The Morgan fingerprint density at radius 3 is 2.69 bits per heavy atom. The highest BCUT2D eigenvalue weighted by molar-refractivity contribution is 5.15. The van der Waals surface area contributed by atoms with Crippen LogP contribution >= 0.6 is 0 Å². The van der Waals surface area contributed by atoms with E-state index < -0.39 is 0 Å². The van der Waals surface area contributed by atoms with Gasteiger partial charge < -0.3 is 5.11 Å². The van der Waals surface area contributed by atoms with Crippen LogP contribution in [-0.2, 0) is 6.54 Å². The number of benzene rings is 1. The molecule has 1 saturated heterocycles. The van der Waals surface area contributed by atoms with E-state index in [-0.39, 0.29) is 11.9 Å². The van der Waals surface area contributed by atoms with Gasteiger partial charge in [0.15, 0.2) is 0 Å². The van der Waals surface area contributed by atoms with Crippen LogP contribution in [0.25, 0.3) is 0 Å². The van der Waals surface area contributed by atoms with Gasteiger partial charge in [-0.3, -0.25) is 4.90 Å². The summed E-state index contributed by atoms with van der Waals surface area (Å²) in [4.78, 5) is 2.31. The Kier molecular flexibility index (Phi) is 3.56. The smallest absolute Gasteiger partial charge is 0.123 e. The maximum Gasteiger partial charge on any atom is 0.123 e. The van der Waals surface area contributed by atoms with Crippen molar-refractivity contribution in [2.45, 2.75) is 26.0 Å². The van der Waals surface area contributed by atoms with Crippen molar-refractivity contribution < 1.29 is 9.50 Å². The maximum absolute atomic E-state index is 12.7. The number of aliphatic hydroxyl groups is 1. The molecule has 0 amide bonds. The van der Waals surface area contributed by atoms with Crippen LogP contribution in [0.5, 0.6) is 0 Å². The van der Waals surface area contributed by atoms with E-state index >= 15 is 0 Å². The van der Waals surface area contributed by atoms with Crippen molar-refractivity contribution in [3.63, 3.8) is 0 Å². The first-order chi connectivity index (χ1) is 7.65. The van der Waals surface area contributed by atoms with Crippen LogP contribution in [0.2, 0.25) is 0 Å². The van der Waals surface area contributed by atoms with E-state index in [2.05, 4.69) is 11.8 Å². The van der Waals surface area contributed by atoms with Crippen LogP contribution in [-0.4, -0.2) is 29.2 Å². The maximum atomic E-state index is 12.7. The van der Waals surface area contributed by atoms with Gasteiger partial charge in [-0.25, -0.2) is 4.39 Å². The molecule has 16 heavy (non-hydrogen) atoms. The number of piperidine rings is 1. The molecule has 1 aromatic carbocycles. The minimum atomic E-state index is -0.189. The lowest BCUT2D eigenvalue weighted by Gasteiger charge is -2.34. The average Bonchev–Trinajstić information content (AvgIpc) is 2.27. The molecule has 0 aliphatic carbocycles. The number of halogens is 1. The highest BCUT2D eigenvalue weighted by Crippen LogP contribution is 2.18. The van der Waals surface area contributed by atoms with Gasteiger partial charge in [-0.1, -0.05) is 19.1 Å². The van der Waals surface area contributed by atoms with Crippen molar-refractivity contribution in [3.05, 3.63) is 35.6 Å². The molecule has 88 valence electrons. The molecule has 1 heterocycles. The molecule has 3 heteroatoms. The van der Waals surface area contributed by atoms with E-state index in [1.807, 2.05) is 12.1 Å². The van der Waals surface area contributed by atoms with Crippen LogP contribution in [0, 0.1) is 11.7 Å². The molecule has 0 aromatic heterocycles. The molecular weight excluding hydrogens is 205 g/mol. The summed E-state index contributed by atoms with van der Waals surface area (Å²) in [7, 11) is 0. The standard InChI is InChI=1S/C13H18FNO/c1-10-8-15(7-6-13(10)16)9-11-2-4-12(14)5-3-11/h2-5,10,13,16H,6-9H2,1H3/t10-,13+/m0/s1. The van der Waals surface area contributed by atoms with E-state index in [9.17, 15) is 9.50 Å². The van der Waals surface area contributed by atoms with E-state index in [4.69, 9.17) is 0 Å². The summed E-state index contributed by atoms with van der Waals surface area (Å²) in [5.41, 5.74) is 1.13. The highest BCUT2D eigenvalue weighted by Gasteiger charge is 2.23. The van der Waals surface area contributed by atoms with Crippen molar-refractivity contribution >= 4 is 0 Å². The summed E-state index contributed by atoms with van der Waals surface area (Å²) in [6.45, 7) is 4.75. The van der Waals surface area contributed by atoms with Gasteiger partial charge in [0.05, 0.1) is 6.10 Å². The molecule has 0 saturated carbocycles. The quantitative estimate of drug-likeness (QED) is 0.829. The van der Waals surface area contributed by atoms with E-state index in [1.165, 1.54) is 12.1 Å². The summed E-state index contributed by atoms with van der Waals surface area (Å²) in [6, 6.07) is 6.64. The Morgan fingerprint density at radius 1 is 1.38 bits per heavy atom. The third kappa shape index (κ3) is 2.80. The molecule has 1 fully saturated rings. The van der Waals surface area contributed by atoms with Gasteiger partial charge in [0.25, 0.3) is 0 Å². The molecule has 2 nitrogen and oxygen atoms in total. The monoisotopic (exact) mass is 223 g/mol. The van der Waals surface area contributed by atoms with Gasteiger partial charge in [0, 0.05) is 19.6 Å². The molecule has 1 aliphatic rings. The normalized spacial score (nSPS) is 26.9. The summed E-state index contributed by atoms with van der Waals surface area (Å²) >= 11 is 0. The van der Waals surface area contributed by atoms with Crippen molar-refractivity contribution in [3.8, 4) is 0 Å². The van der Waals surface area contributed by atoms with E-state index in [1.54, 1.807) is 0 Å². The first kappa shape index (κ1) is 11.6. The molecule has 0 unspecified atom stereocenters. The second kappa shape index (κ2) is 4.93. The fraction of sp³-hybridized carbons (Fsp3) is 0.538. The first-order valence-corrected chi connectivity index (χ1v) is 5.80. The van der Waals surface area contributed by atoms with Crippen LogP contribution < -0.4 is 0 Å². The minimum Gasteiger partial charge on any atom is -0.393 e. The number of hydrogen-bond donors (Lipinski definition) is 1. The third-order valence-electron chi connectivity index (χ3n) is 3.26. The summed E-state index contributed by atoms with van der Waals surface area (Å²) in [6.07, 6.45) is 0.673. The minimum absolute atomic E-state index is 0.163. The van der Waals surface area contributed by atoms with Gasteiger partial charge in [0.2, 0.25) is 0 Å². The number of hydrogen-bond acceptors (Lipinski definition) is 2. The van der Waals surface area contributed by atoms with Crippen LogP contribution in [0.1, 0.15) is 18.9 Å². The Hall–Kier alpha value is -0.930. The fourth-order valence-electron chi connectivity index (χ4n) is 2.21. The Labute approximate surface area is 95.7 Å². The second-order valence-corrected chi connectivity index (χ2v) is 4.69. The van der Waals surface area contributed by atoms with Gasteiger partial charge >= 0.3 is 0 Å². The number of rotatable bonds is 2. The van der Waals surface area contributed by atoms with E-state index in [0.717, 1.165) is 31.6 Å². The highest BCUT2D eigenvalue weighted by atomic mass is 19.1. The molecule has 1 aromatic rings. The molecular formula is C13H18FNO. The lowest BCUT2D eigenvalue weighted by molar-refractivity contribution is 0.0320. The third-order valence-corrected chi connectivity index (χ3v) is 3.26. The molecule has 1 aliphatic heterocycles. The Morgan fingerprint density at radius 2 is 2.06 bits per heavy atom. The van der Waals surface area contributed by atoms with E-state index in [0.29, 0.717) is 5.92 Å². The molecule has 1 N–H and O–H groups in total. The largest absolute Gasteiger partial charge is 0.393 e. The zero-order chi connectivity index (χ0) is 11.5. The van der Waals surface area contributed by atoms with Gasteiger partial charge in [0.1, 0.15) is 5.82 Å². The molecule has 0 bridgehead atoms. The number of aliphatic hydroxyl groups excluding tert-OH is 1. The van der Waals surface area contributed by atoms with Crippen LogP contribution in [0.4, 0.5) is 4.39 Å². The zero-order valence-corrected chi connectivity index (χ0v) is 9.56. The lowest BCUT2D eigenvalue weighted by Crippen LogP contribution is -2.41. The predicted octanol–water partition coefficient (Wildman–Crippen LogP) is 2.03. The molecule has 2 rings (SSSR count). The topological polar surface area (TPSA) is 23.5 Å². The number of likely N-dealkylation sites (tertiary alicyclic amines) is 1. The summed E-state index contributed by atoms with van der Waals surface area (Å²) in [5, 5.41) is 9.62. The lowest BCUT2D eigenvalue weighted by atomic mass is 9.96. The Bertz CT molecular complexity index is 338. The number of nitrogens with zero attached hydrogens (tertiary/aromatic N) is 1. The first-order valence-electron chi connectivity index (χ1n) is 5.80. The van der Waals surface area contributed by atoms with Crippen LogP contribution in [0.3, 0.4) is 0 Å². The SMILES string of the molecule is C[C@H]1CN(Cc2ccc(F)cc2)CC[C@H]1O. The van der Waals surface area contributed by atoms with Crippen molar-refractivity contribution in [2.75, 3.05) is 13.1 Å². The Balaban J connectivity index is 1.93. The fourth-order valence-corrected chi connectivity index (χ4v) is 2.21. The van der Waals surface area contributed by atoms with Crippen LogP contribution in [0.15, 0.2) is 24.3 Å². The molecule has 2 atom stereocenters. The second-order valence-electron chi connectivity index (χ2n) is 4.69. The summed E-state index contributed by atoms with van der Waals surface area (Å²) < 4.78 is 12.7. The van der Waals surface area contributed by atoms with Gasteiger partial charge in [-0.2, -0.15) is 0 Å². The summed E-state index contributed by atoms with van der Waals surface area (Å²) in [5.74, 6) is 0.139. The van der Waals surface area contributed by atoms with Crippen molar-refractivity contribution in [2.24, 2.45) is 5.92 Å². The zero-order valence-electron chi connectivity index (χ0n) is 9.56. The average molecular weight is 223 g/mol. The van der Waals surface area contributed by atoms with Crippen molar-refractivity contribution in [1.82, 2.24) is 4.90 Å². The van der Waals surface area contributed by atoms with Gasteiger partial charge in [-0.15, -0.1) is 0 Å². The van der Waals surface area contributed by atoms with Gasteiger partial charge in [-0.05, 0) is 30.0 Å². The van der Waals surface area contributed by atoms with Crippen molar-refractivity contribution in [1.29, 1.82) is 0 Å². The molecule has 0 radical (unpaired) electrons.